The van der Waals surface area contributed by atoms with Gasteiger partial charge in [-0.1, -0.05) is 6.07 Å². The highest BCUT2D eigenvalue weighted by molar-refractivity contribution is 5.94. The third-order valence-corrected chi connectivity index (χ3v) is 3.41. The third-order valence-electron chi connectivity index (χ3n) is 3.41. The van der Waals surface area contributed by atoms with Gasteiger partial charge in [-0.3, -0.25) is 14.5 Å². The average molecular weight is 291 g/mol. The van der Waals surface area contributed by atoms with Crippen LogP contribution in [0.1, 0.15) is 13.3 Å². The highest BCUT2D eigenvalue weighted by Gasteiger charge is 2.17. The second-order valence-electron chi connectivity index (χ2n) is 5.12. The van der Waals surface area contributed by atoms with E-state index in [2.05, 4.69) is 14.8 Å². The lowest BCUT2D eigenvalue weighted by Gasteiger charge is -2.35. The molecule has 0 spiro atoms. The number of nitrogens with zero attached hydrogens (tertiary/aromatic N) is 3. The van der Waals surface area contributed by atoms with Crippen molar-refractivity contribution in [3.05, 3.63) is 24.4 Å². The molecule has 0 unspecified atom stereocenters. The minimum atomic E-state index is -0.436. The number of ether oxygens (including phenoxy) is 1. The molecule has 0 aliphatic carbocycles. The molecule has 1 fully saturated rings. The number of piperazine rings is 1. The van der Waals surface area contributed by atoms with Crippen LogP contribution in [-0.4, -0.2) is 61.0 Å². The average Bonchev–Trinajstić information content (AvgIpc) is 2.48. The molecular formula is C15H21N3O3. The van der Waals surface area contributed by atoms with Gasteiger partial charge in [0, 0.05) is 38.9 Å². The number of rotatable bonds is 6. The Kier molecular flexibility index (Phi) is 5.68. The lowest BCUT2D eigenvalue weighted by molar-refractivity contribution is -0.146. The van der Waals surface area contributed by atoms with Crippen molar-refractivity contribution >= 4 is 17.6 Å². The molecule has 6 nitrogen and oxygen atoms in total. The number of hydrogen-bond acceptors (Lipinski definition) is 6. The van der Waals surface area contributed by atoms with Gasteiger partial charge < -0.3 is 9.64 Å². The molecule has 1 saturated heterocycles. The SMILES string of the molecule is CC(=O)CC(=O)OCCN1CCN(c2ccccn2)CC1. The predicted molar refractivity (Wildman–Crippen MR) is 79.1 cm³/mol. The molecule has 2 rings (SSSR count). The summed E-state index contributed by atoms with van der Waals surface area (Å²) in [6.45, 7) is 6.10. The van der Waals surface area contributed by atoms with Crippen LogP contribution in [0.25, 0.3) is 0 Å². The number of anilines is 1. The second kappa shape index (κ2) is 7.73. The van der Waals surface area contributed by atoms with Crippen molar-refractivity contribution in [3.8, 4) is 0 Å². The van der Waals surface area contributed by atoms with Crippen molar-refractivity contribution in [3.63, 3.8) is 0 Å². The monoisotopic (exact) mass is 291 g/mol. The third kappa shape index (κ3) is 5.15. The predicted octanol–water partition coefficient (Wildman–Crippen LogP) is 0.726. The van der Waals surface area contributed by atoms with E-state index in [0.29, 0.717) is 13.2 Å². The summed E-state index contributed by atoms with van der Waals surface area (Å²) in [5.41, 5.74) is 0. The van der Waals surface area contributed by atoms with Gasteiger partial charge in [0.15, 0.2) is 0 Å². The molecule has 0 saturated carbocycles. The van der Waals surface area contributed by atoms with Gasteiger partial charge in [0.05, 0.1) is 0 Å². The summed E-state index contributed by atoms with van der Waals surface area (Å²) in [5, 5.41) is 0. The molecule has 1 aromatic rings. The lowest BCUT2D eigenvalue weighted by atomic mass is 10.3. The number of Topliss-reactive ketones (excluding diaryl/α,β-unsaturated/α-hetero) is 1. The van der Waals surface area contributed by atoms with Crippen LogP contribution < -0.4 is 4.90 Å². The van der Waals surface area contributed by atoms with E-state index < -0.39 is 5.97 Å². The molecule has 0 amide bonds. The molecule has 0 aromatic carbocycles. The lowest BCUT2D eigenvalue weighted by Crippen LogP contribution is -2.47. The zero-order valence-electron chi connectivity index (χ0n) is 12.3. The van der Waals surface area contributed by atoms with Gasteiger partial charge in [0.1, 0.15) is 24.6 Å². The van der Waals surface area contributed by atoms with Crippen LogP contribution in [0.2, 0.25) is 0 Å². The summed E-state index contributed by atoms with van der Waals surface area (Å²) >= 11 is 0. The van der Waals surface area contributed by atoms with Gasteiger partial charge >= 0.3 is 5.97 Å². The highest BCUT2D eigenvalue weighted by Crippen LogP contribution is 2.12. The molecule has 21 heavy (non-hydrogen) atoms. The van der Waals surface area contributed by atoms with Crippen LogP contribution in [0.3, 0.4) is 0 Å². The molecule has 6 heteroatoms. The summed E-state index contributed by atoms with van der Waals surface area (Å²) in [5.74, 6) is 0.406. The zero-order valence-corrected chi connectivity index (χ0v) is 12.3. The second-order valence-corrected chi connectivity index (χ2v) is 5.12. The number of ketones is 1. The van der Waals surface area contributed by atoms with Crippen molar-refractivity contribution in [2.45, 2.75) is 13.3 Å². The van der Waals surface area contributed by atoms with Crippen LogP contribution in [0.4, 0.5) is 5.82 Å². The van der Waals surface area contributed by atoms with Crippen molar-refractivity contribution < 1.29 is 14.3 Å². The Hall–Kier alpha value is -1.95. The first-order valence-electron chi connectivity index (χ1n) is 7.18. The maximum absolute atomic E-state index is 11.3. The normalized spacial score (nSPS) is 15.8. The molecule has 0 atom stereocenters. The standard InChI is InChI=1S/C15H21N3O3/c1-13(19)12-15(20)21-11-10-17-6-8-18(9-7-17)14-4-2-3-5-16-14/h2-5H,6-12H2,1H3. The van der Waals surface area contributed by atoms with Gasteiger partial charge in [0.2, 0.25) is 0 Å². The largest absolute Gasteiger partial charge is 0.464 e. The van der Waals surface area contributed by atoms with Crippen LogP contribution >= 0.6 is 0 Å². The van der Waals surface area contributed by atoms with Crippen LogP contribution in [0.15, 0.2) is 24.4 Å². The molecule has 0 N–H and O–H groups in total. The molecule has 0 radical (unpaired) electrons. The van der Waals surface area contributed by atoms with Crippen LogP contribution in [-0.2, 0) is 14.3 Å². The van der Waals surface area contributed by atoms with E-state index in [-0.39, 0.29) is 12.2 Å². The van der Waals surface area contributed by atoms with Gasteiger partial charge in [-0.05, 0) is 19.1 Å². The Balaban J connectivity index is 1.65. The summed E-state index contributed by atoms with van der Waals surface area (Å²) in [7, 11) is 0. The van der Waals surface area contributed by atoms with Crippen LogP contribution in [0, 0.1) is 0 Å². The number of carbonyl (C=O) groups excluding carboxylic acids is 2. The van der Waals surface area contributed by atoms with E-state index in [0.717, 1.165) is 32.0 Å². The number of esters is 1. The van der Waals surface area contributed by atoms with Crippen LogP contribution in [0.5, 0.6) is 0 Å². The van der Waals surface area contributed by atoms with Crippen molar-refractivity contribution in [2.75, 3.05) is 44.2 Å². The Bertz CT molecular complexity index is 470. The Labute approximate surface area is 124 Å². The van der Waals surface area contributed by atoms with Gasteiger partial charge in [-0.15, -0.1) is 0 Å². The smallest absolute Gasteiger partial charge is 0.313 e. The first-order chi connectivity index (χ1) is 10.1. The fourth-order valence-corrected chi connectivity index (χ4v) is 2.28. The minimum absolute atomic E-state index is 0.131. The maximum atomic E-state index is 11.3. The Morgan fingerprint density at radius 1 is 1.24 bits per heavy atom. The van der Waals surface area contributed by atoms with Gasteiger partial charge in [-0.25, -0.2) is 4.98 Å². The number of carbonyl (C=O) groups is 2. The summed E-state index contributed by atoms with van der Waals surface area (Å²) in [6, 6.07) is 5.91. The minimum Gasteiger partial charge on any atom is -0.464 e. The van der Waals surface area contributed by atoms with E-state index in [9.17, 15) is 9.59 Å². The van der Waals surface area contributed by atoms with Gasteiger partial charge in [-0.2, -0.15) is 0 Å². The van der Waals surface area contributed by atoms with Crippen molar-refractivity contribution in [1.82, 2.24) is 9.88 Å². The molecule has 0 bridgehead atoms. The number of aromatic nitrogens is 1. The molecule has 2 heterocycles. The van der Waals surface area contributed by atoms with E-state index >= 15 is 0 Å². The van der Waals surface area contributed by atoms with E-state index in [1.807, 2.05) is 18.2 Å². The topological polar surface area (TPSA) is 62.7 Å². The first-order valence-corrected chi connectivity index (χ1v) is 7.18. The first kappa shape index (κ1) is 15.4. The van der Waals surface area contributed by atoms with Crippen molar-refractivity contribution in [1.29, 1.82) is 0 Å². The van der Waals surface area contributed by atoms with E-state index in [4.69, 9.17) is 4.74 Å². The van der Waals surface area contributed by atoms with Gasteiger partial charge in [0.25, 0.3) is 0 Å². The van der Waals surface area contributed by atoms with Crippen molar-refractivity contribution in [2.24, 2.45) is 0 Å². The Morgan fingerprint density at radius 2 is 2.00 bits per heavy atom. The summed E-state index contributed by atoms with van der Waals surface area (Å²) in [4.78, 5) is 30.9. The number of pyridine rings is 1. The van der Waals surface area contributed by atoms with E-state index in [1.165, 1.54) is 6.92 Å². The summed E-state index contributed by atoms with van der Waals surface area (Å²) < 4.78 is 5.04. The molecule has 1 aromatic heterocycles. The molecule has 114 valence electrons. The fraction of sp³-hybridized carbons (Fsp3) is 0.533. The Morgan fingerprint density at radius 3 is 2.62 bits per heavy atom. The molecule has 1 aliphatic rings. The number of hydrogen-bond donors (Lipinski definition) is 0. The van der Waals surface area contributed by atoms with E-state index in [1.54, 1.807) is 6.20 Å². The molecular weight excluding hydrogens is 270 g/mol. The maximum Gasteiger partial charge on any atom is 0.313 e. The quantitative estimate of drug-likeness (QED) is 0.568. The fourth-order valence-electron chi connectivity index (χ4n) is 2.28. The molecule has 1 aliphatic heterocycles. The summed E-state index contributed by atoms with van der Waals surface area (Å²) in [6.07, 6.45) is 1.67. The highest BCUT2D eigenvalue weighted by atomic mass is 16.5. The zero-order chi connectivity index (χ0) is 15.1.